The molecule has 0 N–H and O–H groups in total. The van der Waals surface area contributed by atoms with E-state index < -0.39 is 0 Å². The Morgan fingerprint density at radius 2 is 1.81 bits per heavy atom. The van der Waals surface area contributed by atoms with E-state index in [0.29, 0.717) is 11.3 Å². The van der Waals surface area contributed by atoms with E-state index in [1.54, 1.807) is 11.1 Å². The molecule has 0 saturated heterocycles. The zero-order valence-corrected chi connectivity index (χ0v) is 11.0. The Morgan fingerprint density at radius 1 is 1.19 bits per heavy atom. The van der Waals surface area contributed by atoms with Gasteiger partial charge < -0.3 is 0 Å². The van der Waals surface area contributed by atoms with E-state index in [9.17, 15) is 0 Å². The molecule has 2 aliphatic carbocycles. The third-order valence-electron chi connectivity index (χ3n) is 4.35. The lowest BCUT2D eigenvalue weighted by atomic mass is 9.66. The third-order valence-corrected chi connectivity index (χ3v) is 4.35. The molecular weight excluding hydrogens is 192 g/mol. The molecule has 1 atom stereocenters. The fourth-order valence-electron chi connectivity index (χ4n) is 3.28. The summed E-state index contributed by atoms with van der Waals surface area (Å²) in [5.74, 6) is 0.708. The minimum absolute atomic E-state index is 0.344. The normalized spacial score (nSPS) is 24.8. The summed E-state index contributed by atoms with van der Waals surface area (Å²) in [5, 5.41) is 0. The highest BCUT2D eigenvalue weighted by molar-refractivity contribution is 5.51. The second-order valence-corrected chi connectivity index (χ2v) is 5.32. The summed E-state index contributed by atoms with van der Waals surface area (Å²) in [5.41, 5.74) is 5.09. The Labute approximate surface area is 100 Å². The van der Waals surface area contributed by atoms with Crippen LogP contribution in [0.4, 0.5) is 0 Å². The Hall–Kier alpha value is -0.780. The van der Waals surface area contributed by atoms with Gasteiger partial charge in [-0.2, -0.15) is 0 Å². The number of rotatable bonds is 4. The molecule has 0 aromatic carbocycles. The molecule has 0 saturated carbocycles. The van der Waals surface area contributed by atoms with Crippen molar-refractivity contribution in [3.63, 3.8) is 0 Å². The summed E-state index contributed by atoms with van der Waals surface area (Å²) in [6, 6.07) is 0. The SMILES string of the molecule is CCC(CC)(C1=C[CH]1)C1=CC=C(C)CC1C. The second kappa shape index (κ2) is 4.24. The maximum atomic E-state index is 2.39. The number of allylic oxidation sites excluding steroid dienone is 6. The highest BCUT2D eigenvalue weighted by Gasteiger charge is 2.40. The van der Waals surface area contributed by atoms with Crippen molar-refractivity contribution in [3.8, 4) is 0 Å². The minimum atomic E-state index is 0.344. The van der Waals surface area contributed by atoms with Crippen molar-refractivity contribution in [1.29, 1.82) is 0 Å². The molecule has 0 heterocycles. The second-order valence-electron chi connectivity index (χ2n) is 5.32. The van der Waals surface area contributed by atoms with E-state index in [0.717, 1.165) is 0 Å². The Morgan fingerprint density at radius 3 is 2.25 bits per heavy atom. The van der Waals surface area contributed by atoms with Crippen LogP contribution in [0, 0.1) is 17.8 Å². The Kier molecular flexibility index (Phi) is 3.10. The summed E-state index contributed by atoms with van der Waals surface area (Å²) in [6.07, 6.45) is 13.0. The van der Waals surface area contributed by atoms with Crippen LogP contribution in [0.15, 0.2) is 34.9 Å². The smallest absolute Gasteiger partial charge is 0.0128 e. The van der Waals surface area contributed by atoms with Gasteiger partial charge in [-0.3, -0.25) is 0 Å². The first-order valence-corrected chi connectivity index (χ1v) is 6.57. The molecule has 16 heavy (non-hydrogen) atoms. The number of hydrogen-bond donors (Lipinski definition) is 0. The van der Waals surface area contributed by atoms with Crippen molar-refractivity contribution in [3.05, 3.63) is 41.4 Å². The van der Waals surface area contributed by atoms with Gasteiger partial charge in [-0.05, 0) is 32.1 Å². The van der Waals surface area contributed by atoms with Crippen LogP contribution in [-0.4, -0.2) is 0 Å². The Balaban J connectivity index is 2.37. The molecule has 0 heteroatoms. The van der Waals surface area contributed by atoms with Gasteiger partial charge in [0.1, 0.15) is 0 Å². The lowest BCUT2D eigenvalue weighted by molar-refractivity contribution is 0.366. The van der Waals surface area contributed by atoms with Crippen molar-refractivity contribution in [2.45, 2.75) is 47.0 Å². The van der Waals surface area contributed by atoms with Gasteiger partial charge in [-0.15, -0.1) is 0 Å². The quantitative estimate of drug-likeness (QED) is 0.629. The minimum Gasteiger partial charge on any atom is -0.0757 e. The number of hydrogen-bond acceptors (Lipinski definition) is 0. The van der Waals surface area contributed by atoms with Crippen LogP contribution in [0.2, 0.25) is 0 Å². The van der Waals surface area contributed by atoms with E-state index in [2.05, 4.69) is 52.3 Å². The van der Waals surface area contributed by atoms with E-state index in [1.165, 1.54) is 24.8 Å². The predicted molar refractivity (Wildman–Crippen MR) is 71.0 cm³/mol. The van der Waals surface area contributed by atoms with Gasteiger partial charge >= 0.3 is 0 Å². The highest BCUT2D eigenvalue weighted by Crippen LogP contribution is 2.52. The van der Waals surface area contributed by atoms with Gasteiger partial charge in [0.2, 0.25) is 0 Å². The summed E-state index contributed by atoms with van der Waals surface area (Å²) in [4.78, 5) is 0. The average Bonchev–Trinajstić information content (AvgIpc) is 3.07. The first kappa shape index (κ1) is 11.7. The van der Waals surface area contributed by atoms with E-state index in [1.807, 2.05) is 0 Å². The molecule has 2 aliphatic rings. The third kappa shape index (κ3) is 1.79. The monoisotopic (exact) mass is 215 g/mol. The van der Waals surface area contributed by atoms with Crippen LogP contribution in [0.3, 0.4) is 0 Å². The average molecular weight is 215 g/mol. The van der Waals surface area contributed by atoms with Crippen molar-refractivity contribution >= 4 is 0 Å². The zero-order valence-electron chi connectivity index (χ0n) is 11.0. The molecule has 0 nitrogen and oxygen atoms in total. The fraction of sp³-hybridized carbons (Fsp3) is 0.562. The van der Waals surface area contributed by atoms with Crippen LogP contribution < -0.4 is 0 Å². The molecule has 0 spiro atoms. The molecule has 0 aliphatic heterocycles. The molecule has 0 fully saturated rings. The molecule has 2 rings (SSSR count). The lowest BCUT2D eigenvalue weighted by Gasteiger charge is -2.38. The van der Waals surface area contributed by atoms with Crippen molar-refractivity contribution in [2.75, 3.05) is 0 Å². The zero-order chi connectivity index (χ0) is 11.8. The molecular formula is C16H23. The topological polar surface area (TPSA) is 0 Å². The van der Waals surface area contributed by atoms with Gasteiger partial charge in [0, 0.05) is 11.8 Å². The van der Waals surface area contributed by atoms with Crippen LogP contribution >= 0.6 is 0 Å². The summed E-state index contributed by atoms with van der Waals surface area (Å²) >= 11 is 0. The molecule has 0 aromatic heterocycles. The fourth-order valence-corrected chi connectivity index (χ4v) is 3.28. The summed E-state index contributed by atoms with van der Waals surface area (Å²) in [7, 11) is 0. The Bertz CT molecular complexity index is 361. The molecule has 0 bridgehead atoms. The molecule has 1 radical (unpaired) electrons. The highest BCUT2D eigenvalue weighted by atomic mass is 14.4. The molecule has 0 aromatic rings. The lowest BCUT2D eigenvalue weighted by Crippen LogP contribution is -2.26. The molecule has 87 valence electrons. The largest absolute Gasteiger partial charge is 0.0757 e. The van der Waals surface area contributed by atoms with Crippen LogP contribution in [-0.2, 0) is 0 Å². The van der Waals surface area contributed by atoms with E-state index in [4.69, 9.17) is 0 Å². The van der Waals surface area contributed by atoms with Crippen LogP contribution in [0.1, 0.15) is 47.0 Å². The maximum absolute atomic E-state index is 2.39. The van der Waals surface area contributed by atoms with Gasteiger partial charge in [0.15, 0.2) is 0 Å². The standard InChI is InChI=1S/C16H23/c1-5-16(6-2,14-8-9-14)15-10-7-12(3)11-13(15)4/h7-10,13H,5-6,11H2,1-4H3. The van der Waals surface area contributed by atoms with Gasteiger partial charge in [-0.1, -0.05) is 55.7 Å². The maximum Gasteiger partial charge on any atom is 0.0128 e. The van der Waals surface area contributed by atoms with Gasteiger partial charge in [0.05, 0.1) is 0 Å². The van der Waals surface area contributed by atoms with Crippen LogP contribution in [0.25, 0.3) is 0 Å². The van der Waals surface area contributed by atoms with Crippen molar-refractivity contribution < 1.29 is 0 Å². The van der Waals surface area contributed by atoms with Crippen LogP contribution in [0.5, 0.6) is 0 Å². The first-order chi connectivity index (χ1) is 7.64. The van der Waals surface area contributed by atoms with Crippen molar-refractivity contribution in [1.82, 2.24) is 0 Å². The van der Waals surface area contributed by atoms with E-state index in [-0.39, 0.29) is 0 Å². The van der Waals surface area contributed by atoms with Gasteiger partial charge in [-0.25, -0.2) is 0 Å². The van der Waals surface area contributed by atoms with Gasteiger partial charge in [0.25, 0.3) is 0 Å². The molecule has 0 amide bonds. The first-order valence-electron chi connectivity index (χ1n) is 6.57. The van der Waals surface area contributed by atoms with Crippen molar-refractivity contribution in [2.24, 2.45) is 11.3 Å². The molecule has 1 unspecified atom stereocenters. The predicted octanol–water partition coefficient (Wildman–Crippen LogP) is 4.85. The van der Waals surface area contributed by atoms with E-state index >= 15 is 0 Å². The summed E-state index contributed by atoms with van der Waals surface area (Å²) in [6.45, 7) is 9.28. The summed E-state index contributed by atoms with van der Waals surface area (Å²) < 4.78 is 0.